The van der Waals surface area contributed by atoms with Crippen LogP contribution < -0.4 is 5.32 Å². The summed E-state index contributed by atoms with van der Waals surface area (Å²) in [6.07, 6.45) is 3.01. The summed E-state index contributed by atoms with van der Waals surface area (Å²) in [4.78, 5) is 10.6. The summed E-state index contributed by atoms with van der Waals surface area (Å²) < 4.78 is 4.77. The maximum Gasteiger partial charge on any atom is 0.323 e. The van der Waals surface area contributed by atoms with Crippen LogP contribution in [0.25, 0.3) is 0 Å². The lowest BCUT2D eigenvalue weighted by atomic mass is 10.3. The number of ether oxygens (including phenoxy) is 1. The Morgan fingerprint density at radius 2 is 2.38 bits per heavy atom. The van der Waals surface area contributed by atoms with Gasteiger partial charge in [-0.25, -0.2) is 0 Å². The van der Waals surface area contributed by atoms with Gasteiger partial charge in [-0.3, -0.25) is 4.79 Å². The Labute approximate surface area is 83.0 Å². The minimum absolute atomic E-state index is 0.217. The van der Waals surface area contributed by atoms with E-state index in [0.29, 0.717) is 0 Å². The third-order valence-electron chi connectivity index (χ3n) is 1.55. The third-order valence-corrected chi connectivity index (χ3v) is 2.24. The van der Waals surface area contributed by atoms with Crippen molar-refractivity contribution in [2.75, 3.05) is 32.3 Å². The van der Waals surface area contributed by atoms with Gasteiger partial charge in [0, 0.05) is 7.11 Å². The molecule has 0 aromatic rings. The summed E-state index contributed by atoms with van der Waals surface area (Å²) in [5.74, 6) is 0.192. The van der Waals surface area contributed by atoms with E-state index in [1.54, 1.807) is 11.8 Å². The fourth-order valence-corrected chi connectivity index (χ4v) is 1.31. The fourth-order valence-electron chi connectivity index (χ4n) is 0.877. The maximum atomic E-state index is 10.6. The highest BCUT2D eigenvalue weighted by Crippen LogP contribution is 1.94. The van der Waals surface area contributed by atoms with E-state index in [2.05, 4.69) is 5.32 Å². The van der Waals surface area contributed by atoms with Gasteiger partial charge in [-0.1, -0.05) is 0 Å². The maximum absolute atomic E-state index is 10.6. The Kier molecular flexibility index (Phi) is 8.18. The number of carboxylic acid groups (broad SMARTS) is 1. The van der Waals surface area contributed by atoms with Crippen molar-refractivity contribution in [2.45, 2.75) is 12.5 Å². The summed E-state index contributed by atoms with van der Waals surface area (Å²) in [6.45, 7) is 0.940. The van der Waals surface area contributed by atoms with Crippen LogP contribution in [0, 0.1) is 0 Å². The van der Waals surface area contributed by atoms with Gasteiger partial charge in [0.25, 0.3) is 0 Å². The van der Waals surface area contributed by atoms with Gasteiger partial charge in [0.1, 0.15) is 6.04 Å². The molecule has 78 valence electrons. The van der Waals surface area contributed by atoms with Gasteiger partial charge in [0.15, 0.2) is 0 Å². The number of nitrogens with one attached hydrogen (secondary N) is 1. The molecule has 13 heavy (non-hydrogen) atoms. The molecule has 0 bridgehead atoms. The quantitative estimate of drug-likeness (QED) is 0.565. The van der Waals surface area contributed by atoms with Gasteiger partial charge >= 0.3 is 5.97 Å². The van der Waals surface area contributed by atoms with Crippen LogP contribution in [-0.2, 0) is 9.53 Å². The minimum Gasteiger partial charge on any atom is -0.480 e. The summed E-state index contributed by atoms with van der Waals surface area (Å²) in [5, 5.41) is 11.6. The van der Waals surface area contributed by atoms with Crippen LogP contribution in [-0.4, -0.2) is 49.4 Å². The van der Waals surface area contributed by atoms with Crippen molar-refractivity contribution in [3.63, 3.8) is 0 Å². The van der Waals surface area contributed by atoms with Crippen molar-refractivity contribution < 1.29 is 14.6 Å². The molecule has 4 nitrogen and oxygen atoms in total. The molecule has 0 saturated carbocycles. The molecule has 5 heteroatoms. The van der Waals surface area contributed by atoms with Crippen LogP contribution in [0.15, 0.2) is 0 Å². The molecule has 0 fully saturated rings. The van der Waals surface area contributed by atoms with Crippen molar-refractivity contribution in [3.05, 3.63) is 0 Å². The first-order valence-electron chi connectivity index (χ1n) is 4.16. The lowest BCUT2D eigenvalue weighted by Gasteiger charge is -2.12. The van der Waals surface area contributed by atoms with Gasteiger partial charge in [-0.2, -0.15) is 11.8 Å². The predicted octanol–water partition coefficient (Wildman–Crippen LogP) is 0.429. The standard InChI is InChI=1S/C8H17NO3S/c1-12-6-7(8(10)11)9-4-3-5-13-2/h7,9H,3-6H2,1-2H3,(H,10,11). The summed E-state index contributed by atoms with van der Waals surface area (Å²) in [7, 11) is 1.50. The Bertz CT molecular complexity index is 143. The highest BCUT2D eigenvalue weighted by atomic mass is 32.2. The average Bonchev–Trinajstić information content (AvgIpc) is 2.10. The number of carbonyl (C=O) groups is 1. The second kappa shape index (κ2) is 8.34. The van der Waals surface area contributed by atoms with E-state index in [-0.39, 0.29) is 6.61 Å². The zero-order valence-electron chi connectivity index (χ0n) is 8.08. The summed E-state index contributed by atoms with van der Waals surface area (Å²) in [5.41, 5.74) is 0. The van der Waals surface area contributed by atoms with E-state index < -0.39 is 12.0 Å². The predicted molar refractivity (Wildman–Crippen MR) is 54.3 cm³/mol. The second-order valence-electron chi connectivity index (χ2n) is 2.65. The van der Waals surface area contributed by atoms with Crippen LogP contribution in [0.1, 0.15) is 6.42 Å². The van der Waals surface area contributed by atoms with Crippen molar-refractivity contribution in [1.82, 2.24) is 5.32 Å². The first-order chi connectivity index (χ1) is 6.22. The Morgan fingerprint density at radius 1 is 1.69 bits per heavy atom. The second-order valence-corrected chi connectivity index (χ2v) is 3.63. The van der Waals surface area contributed by atoms with Crippen LogP contribution in [0.2, 0.25) is 0 Å². The van der Waals surface area contributed by atoms with Crippen LogP contribution in [0.3, 0.4) is 0 Å². The van der Waals surface area contributed by atoms with Crippen molar-refractivity contribution >= 4 is 17.7 Å². The van der Waals surface area contributed by atoms with E-state index in [1.807, 2.05) is 6.26 Å². The Morgan fingerprint density at radius 3 is 2.85 bits per heavy atom. The molecule has 2 N–H and O–H groups in total. The van der Waals surface area contributed by atoms with Crippen molar-refractivity contribution in [1.29, 1.82) is 0 Å². The van der Waals surface area contributed by atoms with Crippen LogP contribution >= 0.6 is 11.8 Å². The molecule has 1 unspecified atom stereocenters. The van der Waals surface area contributed by atoms with Crippen LogP contribution in [0.5, 0.6) is 0 Å². The van der Waals surface area contributed by atoms with Crippen LogP contribution in [0.4, 0.5) is 0 Å². The number of aliphatic carboxylic acids is 1. The first-order valence-corrected chi connectivity index (χ1v) is 5.55. The monoisotopic (exact) mass is 207 g/mol. The number of hydrogen-bond acceptors (Lipinski definition) is 4. The molecule has 0 rings (SSSR count). The molecule has 0 radical (unpaired) electrons. The van der Waals surface area contributed by atoms with Gasteiger partial charge in [-0.15, -0.1) is 0 Å². The molecule has 0 amide bonds. The lowest BCUT2D eigenvalue weighted by molar-refractivity contribution is -0.140. The van der Waals surface area contributed by atoms with E-state index >= 15 is 0 Å². The lowest BCUT2D eigenvalue weighted by Crippen LogP contribution is -2.40. The van der Waals surface area contributed by atoms with E-state index in [4.69, 9.17) is 9.84 Å². The highest BCUT2D eigenvalue weighted by molar-refractivity contribution is 7.98. The third kappa shape index (κ3) is 6.86. The zero-order chi connectivity index (χ0) is 10.1. The van der Waals surface area contributed by atoms with E-state index in [0.717, 1.165) is 18.7 Å². The molecule has 0 saturated heterocycles. The SMILES string of the molecule is COCC(NCCCSC)C(=O)O. The van der Waals surface area contributed by atoms with Crippen molar-refractivity contribution in [2.24, 2.45) is 0 Å². The molecule has 0 aliphatic carbocycles. The number of rotatable bonds is 8. The fraction of sp³-hybridized carbons (Fsp3) is 0.875. The molecular formula is C8H17NO3S. The van der Waals surface area contributed by atoms with Gasteiger partial charge in [0.05, 0.1) is 6.61 Å². The van der Waals surface area contributed by atoms with Gasteiger partial charge < -0.3 is 15.2 Å². The Hall–Kier alpha value is -0.260. The number of methoxy groups -OCH3 is 1. The summed E-state index contributed by atoms with van der Waals surface area (Å²) in [6, 6.07) is -0.577. The molecular weight excluding hydrogens is 190 g/mol. The molecule has 1 atom stereocenters. The number of hydrogen-bond donors (Lipinski definition) is 2. The Balaban J connectivity index is 3.51. The van der Waals surface area contributed by atoms with Gasteiger partial charge in [-0.05, 0) is 25.0 Å². The van der Waals surface area contributed by atoms with E-state index in [1.165, 1.54) is 7.11 Å². The normalized spacial score (nSPS) is 12.8. The smallest absolute Gasteiger partial charge is 0.323 e. The minimum atomic E-state index is -0.856. The molecule has 0 heterocycles. The molecule has 0 aromatic heterocycles. The number of thioether (sulfide) groups is 1. The highest BCUT2D eigenvalue weighted by Gasteiger charge is 2.15. The van der Waals surface area contributed by atoms with E-state index in [9.17, 15) is 4.79 Å². The van der Waals surface area contributed by atoms with Crippen molar-refractivity contribution in [3.8, 4) is 0 Å². The molecule has 0 spiro atoms. The molecule has 0 aromatic carbocycles. The number of carboxylic acids is 1. The largest absolute Gasteiger partial charge is 0.480 e. The first kappa shape index (κ1) is 12.7. The molecule has 0 aliphatic heterocycles. The molecule has 0 aliphatic rings. The average molecular weight is 207 g/mol. The summed E-state index contributed by atoms with van der Waals surface area (Å²) >= 11 is 1.76. The zero-order valence-corrected chi connectivity index (χ0v) is 8.89. The topological polar surface area (TPSA) is 58.6 Å². The van der Waals surface area contributed by atoms with Gasteiger partial charge in [0.2, 0.25) is 0 Å².